The van der Waals surface area contributed by atoms with Gasteiger partial charge in [0.2, 0.25) is 0 Å². The lowest BCUT2D eigenvalue weighted by molar-refractivity contribution is 0.0989. The summed E-state index contributed by atoms with van der Waals surface area (Å²) in [6.45, 7) is 0. The van der Waals surface area contributed by atoms with Gasteiger partial charge in [0, 0.05) is 24.4 Å². The number of amides is 1. The van der Waals surface area contributed by atoms with Crippen LogP contribution in [-0.2, 0) is 0 Å². The predicted molar refractivity (Wildman–Crippen MR) is 94.2 cm³/mol. The highest BCUT2D eigenvalue weighted by Gasteiger charge is 2.23. The molecule has 0 N–H and O–H groups in total. The molecule has 0 atom stereocenters. The number of oxazole rings is 1. The fourth-order valence-corrected chi connectivity index (χ4v) is 2.50. The first-order valence-electron chi connectivity index (χ1n) is 7.64. The molecule has 1 aromatic heterocycles. The maximum Gasteiger partial charge on any atom is 0.280 e. The Morgan fingerprint density at radius 1 is 1.04 bits per heavy atom. The maximum atomic E-state index is 12.9. The third kappa shape index (κ3) is 3.19. The fraction of sp³-hybridized carbons (Fsp3) is 0.158. The van der Waals surface area contributed by atoms with Crippen molar-refractivity contribution in [3.63, 3.8) is 0 Å². The van der Waals surface area contributed by atoms with Crippen molar-refractivity contribution < 1.29 is 18.7 Å². The highest BCUT2D eigenvalue weighted by atomic mass is 16.5. The van der Waals surface area contributed by atoms with Crippen molar-refractivity contribution in [1.82, 2.24) is 4.98 Å². The molecule has 0 saturated carbocycles. The van der Waals surface area contributed by atoms with Crippen molar-refractivity contribution in [2.24, 2.45) is 0 Å². The Hall–Kier alpha value is -3.28. The van der Waals surface area contributed by atoms with Crippen LogP contribution in [0.5, 0.6) is 11.5 Å². The Kier molecular flexibility index (Phi) is 4.70. The molecule has 0 aliphatic carbocycles. The number of ether oxygens (including phenoxy) is 2. The second-order valence-electron chi connectivity index (χ2n) is 5.30. The molecule has 0 fully saturated rings. The van der Waals surface area contributed by atoms with Crippen LogP contribution >= 0.6 is 0 Å². The molecule has 3 aromatic rings. The number of carbonyl (C=O) groups excluding carboxylic acids is 1. The van der Waals surface area contributed by atoms with E-state index in [0.29, 0.717) is 22.9 Å². The van der Waals surface area contributed by atoms with Crippen LogP contribution in [0.25, 0.3) is 11.3 Å². The summed E-state index contributed by atoms with van der Waals surface area (Å²) in [5.74, 6) is 1.30. The Balaban J connectivity index is 1.93. The Morgan fingerprint density at radius 3 is 2.44 bits per heavy atom. The molecule has 0 saturated heterocycles. The van der Waals surface area contributed by atoms with E-state index >= 15 is 0 Å². The van der Waals surface area contributed by atoms with Gasteiger partial charge in [0.05, 0.1) is 14.2 Å². The minimum Gasteiger partial charge on any atom is -0.493 e. The fourth-order valence-electron chi connectivity index (χ4n) is 2.50. The van der Waals surface area contributed by atoms with Gasteiger partial charge in [-0.3, -0.25) is 4.79 Å². The monoisotopic (exact) mass is 338 g/mol. The number of aromatic nitrogens is 1. The number of hydrogen-bond donors (Lipinski definition) is 0. The van der Waals surface area contributed by atoms with Crippen LogP contribution in [0.15, 0.2) is 59.3 Å². The Labute approximate surface area is 145 Å². The van der Waals surface area contributed by atoms with Gasteiger partial charge in [-0.1, -0.05) is 30.3 Å². The lowest BCUT2D eigenvalue weighted by Gasteiger charge is -2.18. The van der Waals surface area contributed by atoms with Crippen molar-refractivity contribution >= 4 is 11.6 Å². The SMILES string of the molecule is COc1ccc(N(C)C(=O)c2ncoc2-c2ccccc2)cc1OC. The summed E-state index contributed by atoms with van der Waals surface area (Å²) >= 11 is 0. The molecule has 6 nitrogen and oxygen atoms in total. The van der Waals surface area contributed by atoms with E-state index in [1.54, 1.807) is 39.5 Å². The van der Waals surface area contributed by atoms with Crippen molar-refractivity contribution in [2.75, 3.05) is 26.2 Å². The smallest absolute Gasteiger partial charge is 0.280 e. The summed E-state index contributed by atoms with van der Waals surface area (Å²) in [7, 11) is 4.79. The van der Waals surface area contributed by atoms with E-state index in [4.69, 9.17) is 13.9 Å². The summed E-state index contributed by atoms with van der Waals surface area (Å²) in [6.07, 6.45) is 1.28. The molecule has 1 heterocycles. The minimum atomic E-state index is -0.278. The molecule has 3 rings (SSSR count). The van der Waals surface area contributed by atoms with E-state index in [9.17, 15) is 4.79 Å². The van der Waals surface area contributed by atoms with Crippen molar-refractivity contribution in [3.8, 4) is 22.8 Å². The third-order valence-corrected chi connectivity index (χ3v) is 3.87. The highest BCUT2D eigenvalue weighted by molar-refractivity contribution is 6.07. The van der Waals surface area contributed by atoms with E-state index in [1.807, 2.05) is 30.3 Å². The number of benzene rings is 2. The van der Waals surface area contributed by atoms with Gasteiger partial charge in [-0.2, -0.15) is 0 Å². The van der Waals surface area contributed by atoms with Crippen LogP contribution in [0.4, 0.5) is 5.69 Å². The summed E-state index contributed by atoms with van der Waals surface area (Å²) in [5.41, 5.74) is 1.71. The lowest BCUT2D eigenvalue weighted by Crippen LogP contribution is -2.27. The number of nitrogens with zero attached hydrogens (tertiary/aromatic N) is 2. The van der Waals surface area contributed by atoms with Gasteiger partial charge >= 0.3 is 0 Å². The highest BCUT2D eigenvalue weighted by Crippen LogP contribution is 2.32. The first-order chi connectivity index (χ1) is 12.2. The first kappa shape index (κ1) is 16.6. The zero-order valence-electron chi connectivity index (χ0n) is 14.2. The van der Waals surface area contributed by atoms with Gasteiger partial charge in [-0.05, 0) is 12.1 Å². The van der Waals surface area contributed by atoms with E-state index in [0.717, 1.165) is 5.56 Å². The molecular formula is C19H18N2O4. The lowest BCUT2D eigenvalue weighted by atomic mass is 10.1. The number of anilines is 1. The third-order valence-electron chi connectivity index (χ3n) is 3.87. The molecule has 128 valence electrons. The van der Waals surface area contributed by atoms with Crippen LogP contribution < -0.4 is 14.4 Å². The van der Waals surface area contributed by atoms with Crippen LogP contribution in [0.3, 0.4) is 0 Å². The number of rotatable bonds is 5. The predicted octanol–water partition coefficient (Wildman–Crippen LogP) is 3.64. The molecule has 0 bridgehead atoms. The quantitative estimate of drug-likeness (QED) is 0.711. The summed E-state index contributed by atoms with van der Waals surface area (Å²) in [5, 5.41) is 0. The molecule has 0 spiro atoms. The Morgan fingerprint density at radius 2 is 1.76 bits per heavy atom. The normalized spacial score (nSPS) is 10.4. The largest absolute Gasteiger partial charge is 0.493 e. The van der Waals surface area contributed by atoms with Crippen molar-refractivity contribution in [2.45, 2.75) is 0 Å². The van der Waals surface area contributed by atoms with E-state index < -0.39 is 0 Å². The number of hydrogen-bond acceptors (Lipinski definition) is 5. The van der Waals surface area contributed by atoms with Crippen molar-refractivity contribution in [1.29, 1.82) is 0 Å². The average molecular weight is 338 g/mol. The molecule has 0 aliphatic heterocycles. The maximum absolute atomic E-state index is 12.9. The molecule has 2 aromatic carbocycles. The summed E-state index contributed by atoms with van der Waals surface area (Å²) in [4.78, 5) is 18.5. The van der Waals surface area contributed by atoms with E-state index in [-0.39, 0.29) is 11.6 Å². The van der Waals surface area contributed by atoms with E-state index in [2.05, 4.69) is 4.98 Å². The molecule has 0 aliphatic rings. The van der Waals surface area contributed by atoms with Gasteiger partial charge in [0.1, 0.15) is 0 Å². The number of carbonyl (C=O) groups is 1. The summed E-state index contributed by atoms with van der Waals surface area (Å²) in [6, 6.07) is 14.7. The van der Waals surface area contributed by atoms with Gasteiger partial charge < -0.3 is 18.8 Å². The van der Waals surface area contributed by atoms with Crippen LogP contribution in [0.1, 0.15) is 10.5 Å². The molecule has 1 amide bonds. The Bertz CT molecular complexity index is 874. The van der Waals surface area contributed by atoms with Crippen LogP contribution in [0.2, 0.25) is 0 Å². The summed E-state index contributed by atoms with van der Waals surface area (Å²) < 4.78 is 16.0. The zero-order valence-corrected chi connectivity index (χ0v) is 14.2. The number of methoxy groups -OCH3 is 2. The van der Waals surface area contributed by atoms with Crippen LogP contribution in [-0.4, -0.2) is 32.2 Å². The topological polar surface area (TPSA) is 64.8 Å². The second-order valence-corrected chi connectivity index (χ2v) is 5.30. The molecule has 0 radical (unpaired) electrons. The van der Waals surface area contributed by atoms with Gasteiger partial charge in [-0.25, -0.2) is 4.98 Å². The van der Waals surface area contributed by atoms with Gasteiger partial charge in [-0.15, -0.1) is 0 Å². The molecular weight excluding hydrogens is 320 g/mol. The second kappa shape index (κ2) is 7.09. The molecule has 0 unspecified atom stereocenters. The minimum absolute atomic E-state index is 0.253. The average Bonchev–Trinajstić information content (AvgIpc) is 3.16. The first-order valence-corrected chi connectivity index (χ1v) is 7.64. The standard InChI is InChI=1S/C19H18N2O4/c1-21(14-9-10-15(23-2)16(11-14)24-3)19(22)17-18(25-12-20-17)13-7-5-4-6-8-13/h4-12H,1-3H3. The zero-order chi connectivity index (χ0) is 17.8. The van der Waals surface area contributed by atoms with Crippen LogP contribution in [0, 0.1) is 0 Å². The van der Waals surface area contributed by atoms with E-state index in [1.165, 1.54) is 11.3 Å². The molecule has 25 heavy (non-hydrogen) atoms. The van der Waals surface area contributed by atoms with Gasteiger partial charge in [0.25, 0.3) is 5.91 Å². The van der Waals surface area contributed by atoms with Gasteiger partial charge in [0.15, 0.2) is 29.3 Å². The molecule has 6 heteroatoms. The van der Waals surface area contributed by atoms with Crippen molar-refractivity contribution in [3.05, 3.63) is 60.6 Å².